The van der Waals surface area contributed by atoms with Gasteiger partial charge in [0.05, 0.1) is 4.92 Å². The Bertz CT molecular complexity index is 818. The number of nitro groups is 1. The number of nitrogen functional groups attached to an aromatic ring is 1. The minimum Gasteiger partial charge on any atom is -0.479 e. The molecule has 1 unspecified atom stereocenters. The van der Waals surface area contributed by atoms with Gasteiger partial charge in [-0.25, -0.2) is 4.79 Å². The largest absolute Gasteiger partial charge is 0.479 e. The predicted molar refractivity (Wildman–Crippen MR) is 93.9 cm³/mol. The van der Waals surface area contributed by atoms with Crippen molar-refractivity contribution in [2.75, 3.05) is 5.32 Å². The molecule has 5 N–H and O–H groups in total. The Morgan fingerprint density at radius 1 is 1.32 bits per heavy atom. The van der Waals surface area contributed by atoms with Gasteiger partial charge in [-0.05, 0) is 48.4 Å². The van der Waals surface area contributed by atoms with Crippen LogP contribution >= 0.6 is 0 Å². The molecule has 2 aromatic carbocycles. The zero-order valence-corrected chi connectivity index (χ0v) is 13.5. The second-order valence-corrected chi connectivity index (χ2v) is 5.41. The third-order valence-electron chi connectivity index (χ3n) is 3.77. The summed E-state index contributed by atoms with van der Waals surface area (Å²) in [6, 6.07) is 9.70. The minimum atomic E-state index is -1.11. The predicted octanol–water partition coefficient (Wildman–Crippen LogP) is 2.68. The number of carbonyl (C=O) groups is 1. The lowest BCUT2D eigenvalue weighted by Gasteiger charge is -2.17. The molecule has 0 aliphatic heterocycles. The zero-order chi connectivity index (χ0) is 18.6. The van der Waals surface area contributed by atoms with Gasteiger partial charge in [0.15, 0.2) is 6.04 Å². The first-order chi connectivity index (χ1) is 11.8. The number of aliphatic carboxylic acids is 1. The summed E-state index contributed by atoms with van der Waals surface area (Å²) < 4.78 is 0. The molecule has 0 aliphatic carbocycles. The van der Waals surface area contributed by atoms with E-state index in [0.717, 1.165) is 0 Å². The lowest BCUT2D eigenvalue weighted by molar-refractivity contribution is -0.385. The van der Waals surface area contributed by atoms with Crippen LogP contribution in [0.1, 0.15) is 29.7 Å². The number of hydrogen-bond acceptors (Lipinski definition) is 5. The summed E-state index contributed by atoms with van der Waals surface area (Å²) in [7, 11) is 0. The van der Waals surface area contributed by atoms with Crippen molar-refractivity contribution in [2.24, 2.45) is 5.73 Å². The molecule has 0 saturated heterocycles. The van der Waals surface area contributed by atoms with Crippen LogP contribution in [0.15, 0.2) is 42.5 Å². The fourth-order valence-electron chi connectivity index (χ4n) is 2.45. The van der Waals surface area contributed by atoms with Gasteiger partial charge in [-0.1, -0.05) is 6.92 Å². The summed E-state index contributed by atoms with van der Waals surface area (Å²) in [5.41, 5.74) is 7.32. The van der Waals surface area contributed by atoms with Gasteiger partial charge >= 0.3 is 5.97 Å². The summed E-state index contributed by atoms with van der Waals surface area (Å²) in [5.74, 6) is -1.18. The van der Waals surface area contributed by atoms with Gasteiger partial charge < -0.3 is 16.2 Å². The van der Waals surface area contributed by atoms with Crippen molar-refractivity contribution in [1.29, 1.82) is 5.41 Å². The van der Waals surface area contributed by atoms with Gasteiger partial charge in [0.25, 0.3) is 5.69 Å². The summed E-state index contributed by atoms with van der Waals surface area (Å²) in [6.07, 6.45) is 0.420. The van der Waals surface area contributed by atoms with Crippen molar-refractivity contribution in [3.8, 4) is 0 Å². The van der Waals surface area contributed by atoms with E-state index < -0.39 is 16.9 Å². The molecule has 2 aromatic rings. The number of nitro benzene ring substituents is 1. The number of carboxylic acid groups (broad SMARTS) is 1. The van der Waals surface area contributed by atoms with E-state index in [1.165, 1.54) is 18.2 Å². The van der Waals surface area contributed by atoms with Crippen LogP contribution in [0.3, 0.4) is 0 Å². The molecule has 0 fully saturated rings. The molecule has 0 bridgehead atoms. The first-order valence-electron chi connectivity index (χ1n) is 7.54. The maximum Gasteiger partial charge on any atom is 0.330 e. The number of carboxylic acids is 1. The van der Waals surface area contributed by atoms with Crippen LogP contribution in [0.2, 0.25) is 0 Å². The fourth-order valence-corrected chi connectivity index (χ4v) is 2.45. The van der Waals surface area contributed by atoms with E-state index in [9.17, 15) is 20.0 Å². The van der Waals surface area contributed by atoms with Crippen LogP contribution in [0.5, 0.6) is 0 Å². The molecular weight excluding hydrogens is 324 g/mol. The first kappa shape index (κ1) is 17.9. The van der Waals surface area contributed by atoms with E-state index in [1.54, 1.807) is 31.2 Å². The number of rotatable bonds is 7. The summed E-state index contributed by atoms with van der Waals surface area (Å²) in [6.45, 7) is 1.77. The van der Waals surface area contributed by atoms with Crippen molar-refractivity contribution in [3.63, 3.8) is 0 Å². The molecule has 0 aliphatic rings. The Kier molecular flexibility index (Phi) is 5.33. The Morgan fingerprint density at radius 2 is 1.96 bits per heavy atom. The molecule has 1 atom stereocenters. The minimum absolute atomic E-state index is 0.0267. The maximum atomic E-state index is 11.6. The lowest BCUT2D eigenvalue weighted by atomic mass is 10.0. The molecule has 0 radical (unpaired) electrons. The number of amidine groups is 1. The van der Waals surface area contributed by atoms with Crippen LogP contribution in [0.4, 0.5) is 11.4 Å². The molecule has 8 heteroatoms. The molecule has 0 amide bonds. The van der Waals surface area contributed by atoms with Crippen molar-refractivity contribution < 1.29 is 14.8 Å². The standard InChI is InChI=1S/C17H18N4O4/c1-2-10-9-12(5-8-14(10)21(24)25)15(17(22)23)20-13-6-3-11(4-7-13)16(18)19/h3-9,15,20H,2H2,1H3,(H3,18,19)(H,22,23). The molecule has 0 heterocycles. The summed E-state index contributed by atoms with van der Waals surface area (Å²) in [5, 5.41) is 30.8. The van der Waals surface area contributed by atoms with E-state index in [0.29, 0.717) is 28.8 Å². The van der Waals surface area contributed by atoms with Crippen LogP contribution in [-0.4, -0.2) is 21.8 Å². The quantitative estimate of drug-likeness (QED) is 0.264. The number of anilines is 1. The molecule has 0 saturated carbocycles. The number of aryl methyl sites for hydroxylation is 1. The van der Waals surface area contributed by atoms with Gasteiger partial charge in [0, 0.05) is 22.9 Å². The SMILES string of the molecule is CCc1cc(C(Nc2ccc(C(=N)N)cc2)C(=O)O)ccc1[N+](=O)[O-]. The average molecular weight is 342 g/mol. The Labute approximate surface area is 143 Å². The maximum absolute atomic E-state index is 11.6. The number of nitrogens with zero attached hydrogens (tertiary/aromatic N) is 1. The Balaban J connectivity index is 2.33. The zero-order valence-electron chi connectivity index (χ0n) is 13.5. The molecular formula is C17H18N4O4. The third kappa shape index (κ3) is 4.11. The number of nitrogens with two attached hydrogens (primary N) is 1. The average Bonchev–Trinajstić information content (AvgIpc) is 2.59. The highest BCUT2D eigenvalue weighted by molar-refractivity contribution is 5.95. The first-order valence-corrected chi connectivity index (χ1v) is 7.54. The normalized spacial score (nSPS) is 11.6. The molecule has 130 valence electrons. The highest BCUT2D eigenvalue weighted by Gasteiger charge is 2.22. The topological polar surface area (TPSA) is 142 Å². The third-order valence-corrected chi connectivity index (χ3v) is 3.77. The van der Waals surface area contributed by atoms with Crippen LogP contribution in [-0.2, 0) is 11.2 Å². The molecule has 8 nitrogen and oxygen atoms in total. The Morgan fingerprint density at radius 3 is 2.44 bits per heavy atom. The fraction of sp³-hybridized carbons (Fsp3) is 0.176. The van der Waals surface area contributed by atoms with Crippen molar-refractivity contribution in [3.05, 3.63) is 69.3 Å². The highest BCUT2D eigenvalue weighted by Crippen LogP contribution is 2.26. The molecule has 0 spiro atoms. The van der Waals surface area contributed by atoms with Crippen LogP contribution in [0.25, 0.3) is 0 Å². The van der Waals surface area contributed by atoms with Gasteiger partial charge in [0.2, 0.25) is 0 Å². The molecule has 2 rings (SSSR count). The Hall–Kier alpha value is -3.42. The van der Waals surface area contributed by atoms with Crippen molar-refractivity contribution >= 4 is 23.2 Å². The van der Waals surface area contributed by atoms with Gasteiger partial charge in [-0.3, -0.25) is 15.5 Å². The van der Waals surface area contributed by atoms with E-state index in [2.05, 4.69) is 5.32 Å². The lowest BCUT2D eigenvalue weighted by Crippen LogP contribution is -2.21. The van der Waals surface area contributed by atoms with Gasteiger partial charge in [-0.2, -0.15) is 0 Å². The van der Waals surface area contributed by atoms with Gasteiger partial charge in [0.1, 0.15) is 5.84 Å². The van der Waals surface area contributed by atoms with E-state index in [4.69, 9.17) is 11.1 Å². The monoisotopic (exact) mass is 342 g/mol. The second kappa shape index (κ2) is 7.43. The summed E-state index contributed by atoms with van der Waals surface area (Å²) in [4.78, 5) is 22.2. The van der Waals surface area contributed by atoms with Crippen LogP contribution in [0, 0.1) is 15.5 Å². The second-order valence-electron chi connectivity index (χ2n) is 5.41. The number of nitrogens with one attached hydrogen (secondary N) is 2. The van der Waals surface area contributed by atoms with Crippen molar-refractivity contribution in [1.82, 2.24) is 0 Å². The van der Waals surface area contributed by atoms with Crippen molar-refractivity contribution in [2.45, 2.75) is 19.4 Å². The van der Waals surface area contributed by atoms with Gasteiger partial charge in [-0.15, -0.1) is 0 Å². The number of hydrogen-bond donors (Lipinski definition) is 4. The smallest absolute Gasteiger partial charge is 0.330 e. The molecule has 25 heavy (non-hydrogen) atoms. The summed E-state index contributed by atoms with van der Waals surface area (Å²) >= 11 is 0. The molecule has 0 aromatic heterocycles. The van der Waals surface area contributed by atoms with Crippen LogP contribution < -0.4 is 11.1 Å². The van der Waals surface area contributed by atoms with E-state index in [1.807, 2.05) is 0 Å². The van der Waals surface area contributed by atoms with E-state index in [-0.39, 0.29) is 11.5 Å². The highest BCUT2D eigenvalue weighted by atomic mass is 16.6. The van der Waals surface area contributed by atoms with E-state index >= 15 is 0 Å². The number of benzene rings is 2.